The fourth-order valence-corrected chi connectivity index (χ4v) is 5.09. The number of rotatable bonds is 2. The molecule has 3 aliphatic heterocycles. The van der Waals surface area contributed by atoms with Crippen molar-refractivity contribution in [3.8, 4) is 22.8 Å². The zero-order valence-electron chi connectivity index (χ0n) is 20.1. The predicted octanol–water partition coefficient (Wildman–Crippen LogP) is 4.42. The van der Waals surface area contributed by atoms with Crippen LogP contribution in [-0.4, -0.2) is 69.1 Å². The Morgan fingerprint density at radius 2 is 1.57 bits per heavy atom. The lowest BCUT2D eigenvalue weighted by molar-refractivity contribution is -0.0365. The third kappa shape index (κ3) is 4.83. The average Bonchev–Trinajstić information content (AvgIpc) is 3.29. The van der Waals surface area contributed by atoms with Gasteiger partial charge in [-0.05, 0) is 55.7 Å². The second kappa shape index (κ2) is 10.4. The molecule has 0 radical (unpaired) electrons. The molecule has 0 spiro atoms. The Bertz CT molecular complexity index is 1150. The van der Waals surface area contributed by atoms with Gasteiger partial charge in [-0.3, -0.25) is 0 Å². The fraction of sp³-hybridized carbons (Fsp3) is 0.519. The van der Waals surface area contributed by atoms with Gasteiger partial charge in [0.1, 0.15) is 23.8 Å². The van der Waals surface area contributed by atoms with Crippen LogP contribution in [0, 0.1) is 0 Å². The van der Waals surface area contributed by atoms with E-state index in [1.54, 1.807) is 0 Å². The van der Waals surface area contributed by atoms with Crippen LogP contribution in [0.5, 0.6) is 11.5 Å². The van der Waals surface area contributed by atoms with Gasteiger partial charge in [-0.15, -0.1) is 0 Å². The van der Waals surface area contributed by atoms with Crippen molar-refractivity contribution in [3.05, 3.63) is 36.4 Å². The summed E-state index contributed by atoms with van der Waals surface area (Å²) < 4.78 is 31.7. The van der Waals surface area contributed by atoms with E-state index in [4.69, 9.17) is 28.8 Å². The molecule has 2 aromatic carbocycles. The highest BCUT2D eigenvalue weighted by atomic mass is 16.5. The number of aromatic nitrogens is 2. The zero-order valence-corrected chi connectivity index (χ0v) is 20.1. The zero-order chi connectivity index (χ0) is 23.5. The lowest BCUT2D eigenvalue weighted by Crippen LogP contribution is -2.36. The summed E-state index contributed by atoms with van der Waals surface area (Å²) in [5.41, 5.74) is 4.19. The van der Waals surface area contributed by atoms with E-state index < -0.39 is 0 Å². The molecule has 2 fully saturated rings. The van der Waals surface area contributed by atoms with E-state index in [1.165, 1.54) is 0 Å². The highest BCUT2D eigenvalue weighted by Gasteiger charge is 2.25. The van der Waals surface area contributed by atoms with Gasteiger partial charge in [0.05, 0.1) is 31.9 Å². The molecule has 35 heavy (non-hydrogen) atoms. The molecule has 186 valence electrons. The van der Waals surface area contributed by atoms with Crippen LogP contribution in [-0.2, 0) is 14.2 Å². The normalized spacial score (nSPS) is 21.7. The van der Waals surface area contributed by atoms with Crippen molar-refractivity contribution in [1.82, 2.24) is 9.78 Å². The molecule has 2 saturated heterocycles. The second-order valence-electron chi connectivity index (χ2n) is 9.23. The molecule has 0 saturated carbocycles. The molecule has 0 amide bonds. The van der Waals surface area contributed by atoms with Gasteiger partial charge < -0.3 is 28.6 Å². The van der Waals surface area contributed by atoms with Crippen LogP contribution in [0.15, 0.2) is 36.4 Å². The summed E-state index contributed by atoms with van der Waals surface area (Å²) in [6.07, 6.45) is 3.97. The summed E-state index contributed by atoms with van der Waals surface area (Å²) in [7, 11) is 0. The van der Waals surface area contributed by atoms with E-state index in [0.717, 1.165) is 97.9 Å². The summed E-state index contributed by atoms with van der Waals surface area (Å²) >= 11 is 0. The quantitative estimate of drug-likeness (QED) is 0.539. The number of benzene rings is 2. The van der Waals surface area contributed by atoms with Crippen LogP contribution in [0.25, 0.3) is 22.2 Å². The van der Waals surface area contributed by atoms with Crippen LogP contribution >= 0.6 is 0 Å². The fourth-order valence-electron chi connectivity index (χ4n) is 5.09. The monoisotopic (exact) mass is 479 g/mol. The number of hydrogen-bond acceptors (Lipinski definition) is 7. The number of ether oxygens (including phenoxy) is 5. The smallest absolute Gasteiger partial charge is 0.150 e. The molecule has 4 heterocycles. The average molecular weight is 480 g/mol. The summed E-state index contributed by atoms with van der Waals surface area (Å²) in [6, 6.07) is 12.6. The molecule has 0 N–H and O–H groups in total. The van der Waals surface area contributed by atoms with Crippen molar-refractivity contribution in [2.45, 2.75) is 31.9 Å². The van der Waals surface area contributed by atoms with Crippen LogP contribution in [0.1, 0.15) is 31.9 Å². The maximum Gasteiger partial charge on any atom is 0.150 e. The molecule has 8 nitrogen and oxygen atoms in total. The van der Waals surface area contributed by atoms with Crippen LogP contribution in [0.4, 0.5) is 5.69 Å². The Labute approximate surface area is 205 Å². The number of morpholine rings is 1. The van der Waals surface area contributed by atoms with Crippen LogP contribution in [0.3, 0.4) is 0 Å². The standard InChI is InChI=1S/C27H33N3O5/c1-2-12-35-26(4-1)30-25-8-6-21-19-23(25)27(28-30)22-18-20(33-13-3-11-31-16-17-34-21)5-7-24(22)29-9-14-32-15-10-29/h5-8,18-19,26H,1-4,9-17H2. The highest BCUT2D eigenvalue weighted by Crippen LogP contribution is 2.40. The van der Waals surface area contributed by atoms with E-state index in [9.17, 15) is 0 Å². The molecule has 4 bridgehead atoms. The molecule has 1 unspecified atom stereocenters. The van der Waals surface area contributed by atoms with Gasteiger partial charge in [-0.1, -0.05) is 0 Å². The third-order valence-electron chi connectivity index (χ3n) is 6.88. The Morgan fingerprint density at radius 1 is 0.743 bits per heavy atom. The minimum Gasteiger partial charge on any atom is -0.493 e. The molecule has 1 aromatic heterocycles. The topological polar surface area (TPSA) is 67.2 Å². The van der Waals surface area contributed by atoms with Crippen molar-refractivity contribution in [3.63, 3.8) is 0 Å². The van der Waals surface area contributed by atoms with Crippen molar-refractivity contribution in [2.24, 2.45) is 0 Å². The maximum atomic E-state index is 6.15. The summed E-state index contributed by atoms with van der Waals surface area (Å²) in [6.45, 7) is 6.22. The highest BCUT2D eigenvalue weighted by molar-refractivity contribution is 5.98. The van der Waals surface area contributed by atoms with Gasteiger partial charge in [-0.25, -0.2) is 4.68 Å². The first-order valence-corrected chi connectivity index (χ1v) is 12.8. The van der Waals surface area contributed by atoms with Crippen LogP contribution in [0.2, 0.25) is 0 Å². The molecule has 1 atom stereocenters. The molecule has 8 heteroatoms. The van der Waals surface area contributed by atoms with Gasteiger partial charge in [0.15, 0.2) is 6.23 Å². The first-order chi connectivity index (χ1) is 17.4. The molecular weight excluding hydrogens is 446 g/mol. The third-order valence-corrected chi connectivity index (χ3v) is 6.88. The molecule has 0 aliphatic carbocycles. The Morgan fingerprint density at radius 3 is 2.46 bits per heavy atom. The lowest BCUT2D eigenvalue weighted by Gasteiger charge is -2.30. The van der Waals surface area contributed by atoms with Gasteiger partial charge in [0.25, 0.3) is 0 Å². The largest absolute Gasteiger partial charge is 0.493 e. The van der Waals surface area contributed by atoms with Gasteiger partial charge in [-0.2, -0.15) is 5.10 Å². The van der Waals surface area contributed by atoms with E-state index in [1.807, 2.05) is 6.07 Å². The SMILES string of the molecule is c1cc(N2CCOCC2)c2cc1OCCCOCCOc1ccc3c(c1)c-2nn3C1CCCCO1. The lowest BCUT2D eigenvalue weighted by atomic mass is 10.0. The summed E-state index contributed by atoms with van der Waals surface area (Å²) in [4.78, 5) is 2.38. The molecule has 6 rings (SSSR count). The molecule has 3 aromatic rings. The van der Waals surface area contributed by atoms with Crippen molar-refractivity contribution < 1.29 is 23.7 Å². The van der Waals surface area contributed by atoms with Gasteiger partial charge in [0, 0.05) is 49.4 Å². The summed E-state index contributed by atoms with van der Waals surface area (Å²) in [5.74, 6) is 1.66. The molecular formula is C27H33N3O5. The van der Waals surface area contributed by atoms with E-state index in [-0.39, 0.29) is 6.23 Å². The Hall–Kier alpha value is -2.81. The van der Waals surface area contributed by atoms with Crippen LogP contribution < -0.4 is 14.4 Å². The maximum absolute atomic E-state index is 6.15. The van der Waals surface area contributed by atoms with Gasteiger partial charge >= 0.3 is 0 Å². The van der Waals surface area contributed by atoms with Crippen molar-refractivity contribution >= 4 is 16.6 Å². The van der Waals surface area contributed by atoms with Gasteiger partial charge in [0.2, 0.25) is 0 Å². The van der Waals surface area contributed by atoms with Crippen molar-refractivity contribution in [2.75, 3.05) is 64.2 Å². The van der Waals surface area contributed by atoms with Crippen molar-refractivity contribution in [1.29, 1.82) is 0 Å². The van der Waals surface area contributed by atoms with E-state index >= 15 is 0 Å². The number of anilines is 1. The Balaban J connectivity index is 1.51. The predicted molar refractivity (Wildman–Crippen MR) is 133 cm³/mol. The Kier molecular flexibility index (Phi) is 6.75. The number of fused-ring (bicyclic) bond motifs is 4. The molecule has 3 aliphatic rings. The summed E-state index contributed by atoms with van der Waals surface area (Å²) in [5, 5.41) is 6.25. The minimum atomic E-state index is -0.0583. The second-order valence-corrected chi connectivity index (χ2v) is 9.23. The minimum absolute atomic E-state index is 0.0583. The van der Waals surface area contributed by atoms with E-state index in [2.05, 4.69) is 39.9 Å². The number of hydrogen-bond donors (Lipinski definition) is 0. The first kappa shape index (κ1) is 22.6. The number of nitrogens with zero attached hydrogens (tertiary/aromatic N) is 3. The first-order valence-electron chi connectivity index (χ1n) is 12.8. The van der Waals surface area contributed by atoms with E-state index in [0.29, 0.717) is 26.4 Å².